The first-order valence-corrected chi connectivity index (χ1v) is 7.47. The summed E-state index contributed by atoms with van der Waals surface area (Å²) in [5, 5.41) is 16.4. The molecular formula is C17H17N3O2S. The molecule has 3 N–H and O–H groups in total. The Balaban J connectivity index is 1.89. The molecule has 0 radical (unpaired) electrons. The van der Waals surface area contributed by atoms with Crippen LogP contribution in [-0.2, 0) is 17.8 Å². The quantitative estimate of drug-likeness (QED) is 0.431. The van der Waals surface area contributed by atoms with E-state index >= 15 is 0 Å². The van der Waals surface area contributed by atoms with E-state index in [1.807, 2.05) is 60.7 Å². The fraction of sp³-hybridized carbons (Fsp3) is 0.118. The summed E-state index contributed by atoms with van der Waals surface area (Å²) in [7, 11) is 0. The fourth-order valence-corrected chi connectivity index (χ4v) is 2.01. The highest BCUT2D eigenvalue weighted by Crippen LogP contribution is 2.01. The van der Waals surface area contributed by atoms with E-state index in [4.69, 9.17) is 12.2 Å². The van der Waals surface area contributed by atoms with Gasteiger partial charge in [-0.1, -0.05) is 60.7 Å². The Kier molecular flexibility index (Phi) is 6.26. The average Bonchev–Trinajstić information content (AvgIpc) is 2.58. The number of hydrogen-bond acceptors (Lipinski definition) is 3. The largest absolute Gasteiger partial charge is 0.477 e. The highest BCUT2D eigenvalue weighted by Gasteiger charge is 2.10. The number of aliphatic carboxylic acids is 1. The minimum absolute atomic E-state index is 0.0000566. The van der Waals surface area contributed by atoms with Gasteiger partial charge < -0.3 is 10.4 Å². The third kappa shape index (κ3) is 5.88. The Bertz CT molecular complexity index is 687. The number of hydrogen-bond donors (Lipinski definition) is 3. The van der Waals surface area contributed by atoms with Crippen LogP contribution in [0.4, 0.5) is 0 Å². The van der Waals surface area contributed by atoms with E-state index in [0.29, 0.717) is 6.54 Å². The van der Waals surface area contributed by atoms with Crippen LogP contribution in [0.25, 0.3) is 0 Å². The van der Waals surface area contributed by atoms with Gasteiger partial charge in [0.1, 0.15) is 5.71 Å². The molecule has 6 heteroatoms. The second kappa shape index (κ2) is 8.65. The van der Waals surface area contributed by atoms with Crippen LogP contribution >= 0.6 is 12.2 Å². The molecule has 118 valence electrons. The minimum Gasteiger partial charge on any atom is -0.477 e. The summed E-state index contributed by atoms with van der Waals surface area (Å²) < 4.78 is 0. The van der Waals surface area contributed by atoms with E-state index < -0.39 is 5.97 Å². The van der Waals surface area contributed by atoms with Crippen LogP contribution in [0.3, 0.4) is 0 Å². The normalized spacial score (nSPS) is 10.9. The first-order valence-electron chi connectivity index (χ1n) is 7.06. The smallest absolute Gasteiger partial charge is 0.352 e. The Morgan fingerprint density at radius 1 is 1.00 bits per heavy atom. The standard InChI is InChI=1S/C17H17N3O2S/c21-16(22)15(11-13-7-3-1-4-8-13)19-20-17(23)18-12-14-9-5-2-6-10-14/h1-10H,11-12H2,(H,21,22)(H2,18,20,23). The Morgan fingerprint density at radius 2 is 1.57 bits per heavy atom. The number of carboxylic acid groups (broad SMARTS) is 1. The molecule has 0 atom stereocenters. The lowest BCUT2D eigenvalue weighted by molar-refractivity contribution is -0.129. The number of carboxylic acids is 1. The van der Waals surface area contributed by atoms with Gasteiger partial charge in [0.25, 0.3) is 0 Å². The Labute approximate surface area is 140 Å². The van der Waals surface area contributed by atoms with Gasteiger partial charge in [-0.2, -0.15) is 5.10 Å². The van der Waals surface area contributed by atoms with Crippen molar-refractivity contribution in [3.05, 3.63) is 71.8 Å². The molecule has 2 aromatic carbocycles. The monoisotopic (exact) mass is 327 g/mol. The van der Waals surface area contributed by atoms with Gasteiger partial charge in [0.15, 0.2) is 5.11 Å². The number of benzene rings is 2. The van der Waals surface area contributed by atoms with Crippen LogP contribution in [0, 0.1) is 0 Å². The number of rotatable bonds is 6. The molecule has 0 aromatic heterocycles. The van der Waals surface area contributed by atoms with Crippen molar-refractivity contribution < 1.29 is 9.90 Å². The maximum atomic E-state index is 11.3. The number of thiocarbonyl (C=S) groups is 1. The molecule has 0 saturated heterocycles. The van der Waals surface area contributed by atoms with E-state index in [0.717, 1.165) is 11.1 Å². The maximum absolute atomic E-state index is 11.3. The van der Waals surface area contributed by atoms with Gasteiger partial charge in [-0.3, -0.25) is 5.43 Å². The maximum Gasteiger partial charge on any atom is 0.352 e. The summed E-state index contributed by atoms with van der Waals surface area (Å²) in [4.78, 5) is 11.3. The molecule has 0 aliphatic heterocycles. The molecular weight excluding hydrogens is 310 g/mol. The predicted molar refractivity (Wildman–Crippen MR) is 94.2 cm³/mol. The summed E-state index contributed by atoms with van der Waals surface area (Å²) in [6.45, 7) is 0.545. The highest BCUT2D eigenvalue weighted by atomic mass is 32.1. The van der Waals surface area contributed by atoms with E-state index in [9.17, 15) is 9.90 Å². The molecule has 5 nitrogen and oxygen atoms in total. The van der Waals surface area contributed by atoms with Crippen LogP contribution in [0.15, 0.2) is 65.8 Å². The third-order valence-corrected chi connectivity index (χ3v) is 3.29. The Hall–Kier alpha value is -2.73. The lowest BCUT2D eigenvalue weighted by Gasteiger charge is -2.08. The van der Waals surface area contributed by atoms with Crippen molar-refractivity contribution in [2.45, 2.75) is 13.0 Å². The summed E-state index contributed by atoms with van der Waals surface area (Å²) in [5.41, 5.74) is 4.53. The number of hydrazone groups is 1. The van der Waals surface area contributed by atoms with Gasteiger partial charge in [-0.15, -0.1) is 0 Å². The summed E-state index contributed by atoms with van der Waals surface area (Å²) in [6, 6.07) is 19.0. The molecule has 0 aliphatic rings. The Morgan fingerprint density at radius 3 is 2.13 bits per heavy atom. The molecule has 2 rings (SSSR count). The number of nitrogens with zero attached hydrogens (tertiary/aromatic N) is 1. The molecule has 0 saturated carbocycles. The third-order valence-electron chi connectivity index (χ3n) is 3.05. The number of nitrogens with one attached hydrogen (secondary N) is 2. The second-order valence-corrected chi connectivity index (χ2v) is 5.21. The fourth-order valence-electron chi connectivity index (χ4n) is 1.89. The molecule has 0 heterocycles. The van der Waals surface area contributed by atoms with Crippen LogP contribution in [0.5, 0.6) is 0 Å². The molecule has 2 aromatic rings. The minimum atomic E-state index is -1.08. The zero-order valence-corrected chi connectivity index (χ0v) is 13.2. The lowest BCUT2D eigenvalue weighted by atomic mass is 10.1. The van der Waals surface area contributed by atoms with Gasteiger partial charge in [-0.25, -0.2) is 4.79 Å². The number of carbonyl (C=O) groups is 1. The molecule has 0 fully saturated rings. The van der Waals surface area contributed by atoms with E-state index in [1.165, 1.54) is 0 Å². The van der Waals surface area contributed by atoms with Crippen LogP contribution in [0.1, 0.15) is 11.1 Å². The summed E-state index contributed by atoms with van der Waals surface area (Å²) in [6.07, 6.45) is 0.227. The van der Waals surface area contributed by atoms with Gasteiger partial charge in [0.2, 0.25) is 0 Å². The van der Waals surface area contributed by atoms with Gasteiger partial charge >= 0.3 is 5.97 Å². The van der Waals surface area contributed by atoms with Crippen LogP contribution in [-0.4, -0.2) is 21.9 Å². The molecule has 23 heavy (non-hydrogen) atoms. The zero-order chi connectivity index (χ0) is 16.5. The van der Waals surface area contributed by atoms with Crippen LogP contribution in [0.2, 0.25) is 0 Å². The van der Waals surface area contributed by atoms with Crippen molar-refractivity contribution in [1.29, 1.82) is 0 Å². The summed E-state index contributed by atoms with van der Waals surface area (Å²) >= 11 is 5.10. The van der Waals surface area contributed by atoms with Gasteiger partial charge in [-0.05, 0) is 23.3 Å². The molecule has 0 bridgehead atoms. The van der Waals surface area contributed by atoms with Crippen molar-refractivity contribution >= 4 is 29.0 Å². The highest BCUT2D eigenvalue weighted by molar-refractivity contribution is 7.80. The average molecular weight is 327 g/mol. The van der Waals surface area contributed by atoms with E-state index in [-0.39, 0.29) is 17.2 Å². The lowest BCUT2D eigenvalue weighted by Crippen LogP contribution is -2.33. The van der Waals surface area contributed by atoms with Crippen molar-refractivity contribution in [2.24, 2.45) is 5.10 Å². The predicted octanol–water partition coefficient (Wildman–Crippen LogP) is 2.33. The summed E-state index contributed by atoms with van der Waals surface area (Å²) in [5.74, 6) is -1.08. The molecule has 0 unspecified atom stereocenters. The second-order valence-electron chi connectivity index (χ2n) is 4.81. The van der Waals surface area contributed by atoms with E-state index in [2.05, 4.69) is 15.8 Å². The van der Waals surface area contributed by atoms with Crippen molar-refractivity contribution in [2.75, 3.05) is 0 Å². The first kappa shape index (κ1) is 16.6. The van der Waals surface area contributed by atoms with Crippen molar-refractivity contribution in [1.82, 2.24) is 10.7 Å². The van der Waals surface area contributed by atoms with E-state index in [1.54, 1.807) is 0 Å². The zero-order valence-electron chi connectivity index (χ0n) is 12.4. The molecule has 0 amide bonds. The van der Waals surface area contributed by atoms with Crippen molar-refractivity contribution in [3.63, 3.8) is 0 Å². The topological polar surface area (TPSA) is 73.7 Å². The SMILES string of the molecule is O=C(O)C(Cc1ccccc1)=NNC(=S)NCc1ccccc1. The molecule has 0 aliphatic carbocycles. The first-order chi connectivity index (χ1) is 11.1. The van der Waals surface area contributed by atoms with Gasteiger partial charge in [0, 0.05) is 13.0 Å². The van der Waals surface area contributed by atoms with Crippen LogP contribution < -0.4 is 10.7 Å². The van der Waals surface area contributed by atoms with Gasteiger partial charge in [0.05, 0.1) is 0 Å². The molecule has 0 spiro atoms. The van der Waals surface area contributed by atoms with Crippen molar-refractivity contribution in [3.8, 4) is 0 Å².